The highest BCUT2D eigenvalue weighted by atomic mass is 79.9. The minimum atomic E-state index is -0.845. The van der Waals surface area contributed by atoms with Crippen molar-refractivity contribution in [2.75, 3.05) is 12.3 Å². The van der Waals surface area contributed by atoms with E-state index in [0.29, 0.717) is 0 Å². The summed E-state index contributed by atoms with van der Waals surface area (Å²) < 4.78 is 7.76. The van der Waals surface area contributed by atoms with E-state index in [4.69, 9.17) is 10.5 Å². The van der Waals surface area contributed by atoms with E-state index in [2.05, 4.69) is 15.9 Å². The molecule has 164 valence electrons. The molecule has 0 atom stereocenters. The van der Waals surface area contributed by atoms with E-state index < -0.39 is 35.2 Å². The summed E-state index contributed by atoms with van der Waals surface area (Å²) in [6, 6.07) is 16.2. The fraction of sp³-hybridized carbons (Fsp3) is 0.130. The number of anilines is 1. The number of carbonyl (C=O) groups excluding carboxylic acids is 2. The first-order chi connectivity index (χ1) is 15.3. The minimum Gasteiger partial charge on any atom is -0.454 e. The summed E-state index contributed by atoms with van der Waals surface area (Å²) in [6.07, 6.45) is 2.71. The Morgan fingerprint density at radius 3 is 2.50 bits per heavy atom. The Hall–Kier alpha value is -3.72. The van der Waals surface area contributed by atoms with Gasteiger partial charge in [0, 0.05) is 17.6 Å². The van der Waals surface area contributed by atoms with Gasteiger partial charge in [-0.2, -0.15) is 0 Å². The van der Waals surface area contributed by atoms with Gasteiger partial charge in [-0.15, -0.1) is 0 Å². The van der Waals surface area contributed by atoms with E-state index in [-0.39, 0.29) is 12.4 Å². The first kappa shape index (κ1) is 23.0. The summed E-state index contributed by atoms with van der Waals surface area (Å²) in [5, 5.41) is 0. The Kier molecular flexibility index (Phi) is 7.21. The van der Waals surface area contributed by atoms with Crippen LogP contribution in [0, 0.1) is 0 Å². The Morgan fingerprint density at radius 2 is 1.81 bits per heavy atom. The van der Waals surface area contributed by atoms with Crippen molar-refractivity contribution in [3.63, 3.8) is 0 Å². The average Bonchev–Trinajstić information content (AvgIpc) is 2.78. The van der Waals surface area contributed by atoms with E-state index in [1.54, 1.807) is 36.4 Å². The second-order valence-electron chi connectivity index (χ2n) is 6.90. The van der Waals surface area contributed by atoms with Gasteiger partial charge >= 0.3 is 11.7 Å². The van der Waals surface area contributed by atoms with Crippen LogP contribution in [0.3, 0.4) is 0 Å². The zero-order chi connectivity index (χ0) is 23.3. The lowest BCUT2D eigenvalue weighted by Crippen LogP contribution is -2.43. The number of rotatable bonds is 7. The molecule has 0 amide bonds. The zero-order valence-electron chi connectivity index (χ0n) is 17.2. The monoisotopic (exact) mass is 497 g/mol. The zero-order valence-corrected chi connectivity index (χ0v) is 18.7. The van der Waals surface area contributed by atoms with E-state index >= 15 is 0 Å². The molecule has 0 saturated carbocycles. The first-order valence-corrected chi connectivity index (χ1v) is 10.3. The van der Waals surface area contributed by atoms with Crippen molar-refractivity contribution >= 4 is 39.6 Å². The Bertz CT molecular complexity index is 1310. The maximum Gasteiger partial charge on any atom is 0.332 e. The molecule has 0 bridgehead atoms. The molecule has 0 saturated heterocycles. The van der Waals surface area contributed by atoms with Crippen molar-refractivity contribution in [2.45, 2.75) is 6.54 Å². The van der Waals surface area contributed by atoms with Gasteiger partial charge in [0.05, 0.1) is 6.54 Å². The predicted octanol–water partition coefficient (Wildman–Crippen LogP) is 2.38. The van der Waals surface area contributed by atoms with Crippen LogP contribution in [0.25, 0.3) is 6.08 Å². The van der Waals surface area contributed by atoms with Gasteiger partial charge in [-0.1, -0.05) is 58.4 Å². The molecule has 1 heterocycles. The molecule has 0 radical (unpaired) electrons. The van der Waals surface area contributed by atoms with E-state index in [1.807, 2.05) is 18.2 Å². The molecule has 0 fully saturated rings. The van der Waals surface area contributed by atoms with Gasteiger partial charge in [0.15, 0.2) is 6.61 Å². The first-order valence-electron chi connectivity index (χ1n) is 9.54. The van der Waals surface area contributed by atoms with Crippen LogP contribution in [0.5, 0.6) is 0 Å². The summed E-state index contributed by atoms with van der Waals surface area (Å²) in [7, 11) is 1.26. The molecule has 3 rings (SSSR count). The molecule has 32 heavy (non-hydrogen) atoms. The molecule has 0 aliphatic carbocycles. The van der Waals surface area contributed by atoms with Crippen LogP contribution in [-0.2, 0) is 23.1 Å². The lowest BCUT2D eigenvalue weighted by Gasteiger charge is -2.14. The number of carbonyl (C=O) groups is 2. The lowest BCUT2D eigenvalue weighted by molar-refractivity contribution is -0.136. The van der Waals surface area contributed by atoms with Gasteiger partial charge in [-0.3, -0.25) is 18.7 Å². The highest BCUT2D eigenvalue weighted by Gasteiger charge is 2.22. The second-order valence-corrected chi connectivity index (χ2v) is 7.81. The number of ketones is 1. The van der Waals surface area contributed by atoms with Crippen molar-refractivity contribution < 1.29 is 14.3 Å². The number of nitrogen functional groups attached to an aromatic ring is 1. The second kappa shape index (κ2) is 10.1. The molecule has 3 aromatic rings. The molecule has 2 aromatic carbocycles. The number of benzene rings is 2. The molecule has 0 spiro atoms. The van der Waals surface area contributed by atoms with Crippen molar-refractivity contribution in [1.29, 1.82) is 0 Å². The van der Waals surface area contributed by atoms with Crippen LogP contribution >= 0.6 is 15.9 Å². The number of halogens is 1. The standard InChI is InChI=1S/C23H20BrN3O5/c1-26-22(30)20(21(25)27(23(26)31)13-16-6-3-2-4-7-16)18(28)14-32-19(29)11-10-15-8-5-9-17(24)12-15/h2-12H,13-14,25H2,1H3. The summed E-state index contributed by atoms with van der Waals surface area (Å²) in [4.78, 5) is 49.7. The normalized spacial score (nSPS) is 10.9. The number of aromatic nitrogens is 2. The predicted molar refractivity (Wildman–Crippen MR) is 124 cm³/mol. The summed E-state index contributed by atoms with van der Waals surface area (Å²) >= 11 is 3.33. The van der Waals surface area contributed by atoms with Crippen LogP contribution in [0.4, 0.5) is 5.82 Å². The van der Waals surface area contributed by atoms with Gasteiger partial charge in [0.25, 0.3) is 5.56 Å². The Labute approximate surface area is 191 Å². The fourth-order valence-corrected chi connectivity index (χ4v) is 3.41. The van der Waals surface area contributed by atoms with Crippen LogP contribution in [0.1, 0.15) is 21.5 Å². The maximum absolute atomic E-state index is 12.7. The molecule has 8 nitrogen and oxygen atoms in total. The summed E-state index contributed by atoms with van der Waals surface area (Å²) in [5.74, 6) is -1.83. The topological polar surface area (TPSA) is 113 Å². The smallest absolute Gasteiger partial charge is 0.332 e. The number of nitrogens with zero attached hydrogens (tertiary/aromatic N) is 2. The third kappa shape index (κ3) is 5.30. The average molecular weight is 498 g/mol. The van der Waals surface area contributed by atoms with Gasteiger partial charge in [0.2, 0.25) is 5.78 Å². The number of nitrogens with two attached hydrogens (primary N) is 1. The summed E-state index contributed by atoms with van der Waals surface area (Å²) in [5.41, 5.74) is 5.66. The van der Waals surface area contributed by atoms with Gasteiger partial charge in [-0.25, -0.2) is 9.59 Å². The van der Waals surface area contributed by atoms with E-state index in [0.717, 1.165) is 24.7 Å². The highest BCUT2D eigenvalue weighted by molar-refractivity contribution is 9.10. The number of Topliss-reactive ketones (excluding diaryl/α,β-unsaturated/α-hetero) is 1. The van der Waals surface area contributed by atoms with Gasteiger partial charge < -0.3 is 10.5 Å². The Balaban J connectivity index is 1.79. The molecule has 2 N–H and O–H groups in total. The van der Waals surface area contributed by atoms with Crippen molar-refractivity contribution in [1.82, 2.24) is 9.13 Å². The van der Waals surface area contributed by atoms with Gasteiger partial charge in [0.1, 0.15) is 11.4 Å². The van der Waals surface area contributed by atoms with E-state index in [1.165, 1.54) is 19.2 Å². The molecular formula is C23H20BrN3O5. The molecule has 1 aromatic heterocycles. The lowest BCUT2D eigenvalue weighted by atomic mass is 10.2. The van der Waals surface area contributed by atoms with Crippen molar-refractivity contribution in [3.05, 3.63) is 103 Å². The van der Waals surface area contributed by atoms with Crippen LogP contribution in [0.2, 0.25) is 0 Å². The number of hydrogen-bond donors (Lipinski definition) is 1. The third-order valence-corrected chi connectivity index (χ3v) is 5.14. The van der Waals surface area contributed by atoms with Crippen LogP contribution in [-0.4, -0.2) is 27.5 Å². The van der Waals surface area contributed by atoms with Crippen molar-refractivity contribution in [2.24, 2.45) is 7.05 Å². The minimum absolute atomic E-state index is 0.0784. The molecule has 9 heteroatoms. The Morgan fingerprint density at radius 1 is 1.09 bits per heavy atom. The quantitative estimate of drug-likeness (QED) is 0.304. The van der Waals surface area contributed by atoms with Crippen molar-refractivity contribution in [3.8, 4) is 0 Å². The van der Waals surface area contributed by atoms with Crippen LogP contribution < -0.4 is 17.0 Å². The fourth-order valence-electron chi connectivity index (χ4n) is 3.00. The maximum atomic E-state index is 12.7. The van der Waals surface area contributed by atoms with Gasteiger partial charge in [-0.05, 0) is 29.3 Å². The number of ether oxygens (including phenoxy) is 1. The number of hydrogen-bond acceptors (Lipinski definition) is 6. The molecule has 0 unspecified atom stereocenters. The summed E-state index contributed by atoms with van der Waals surface area (Å²) in [6.45, 7) is -0.611. The SMILES string of the molecule is Cn1c(=O)c(C(=O)COC(=O)C=Cc2cccc(Br)c2)c(N)n(Cc2ccccc2)c1=O. The highest BCUT2D eigenvalue weighted by Crippen LogP contribution is 2.13. The van der Waals surface area contributed by atoms with E-state index in [9.17, 15) is 19.2 Å². The molecule has 0 aliphatic rings. The van der Waals surface area contributed by atoms with Crippen LogP contribution in [0.15, 0.2) is 74.7 Å². The third-order valence-electron chi connectivity index (χ3n) is 4.65. The molecule has 0 aliphatic heterocycles. The number of esters is 1. The largest absolute Gasteiger partial charge is 0.454 e. The molecular weight excluding hydrogens is 478 g/mol.